The summed E-state index contributed by atoms with van der Waals surface area (Å²) < 4.78 is 32.7. The number of rotatable bonds is 6. The lowest BCUT2D eigenvalue weighted by atomic mass is 10.3. The lowest BCUT2D eigenvalue weighted by molar-refractivity contribution is -0.118. The second-order valence-electron chi connectivity index (χ2n) is 5.53. The molecule has 138 valence electrons. The van der Waals surface area contributed by atoms with Crippen LogP contribution in [0.2, 0.25) is 0 Å². The van der Waals surface area contributed by atoms with Gasteiger partial charge >= 0.3 is 0 Å². The van der Waals surface area contributed by atoms with Gasteiger partial charge in [-0.15, -0.1) is 0 Å². The monoisotopic (exact) mass is 395 g/mol. The Kier molecular flexibility index (Phi) is 5.30. The van der Waals surface area contributed by atoms with E-state index in [0.717, 1.165) is 16.5 Å². The highest BCUT2D eigenvalue weighted by molar-refractivity contribution is 7.90. The number of thiazole rings is 1. The van der Waals surface area contributed by atoms with Crippen LogP contribution in [0.4, 0.5) is 0 Å². The van der Waals surface area contributed by atoms with Crippen molar-refractivity contribution in [3.8, 4) is 0 Å². The molecule has 0 radical (unpaired) electrons. The zero-order valence-electron chi connectivity index (χ0n) is 14.2. The fraction of sp³-hybridized carbons (Fsp3) is 0.333. The standard InChI is InChI=1S/C15H17N5O4S2/c1-24-6-5-20-12-4-3-11(26(2,22)23)7-13(12)25-15(20)18-14(21)8-19-10-16-9-17-19/h3-4,7,9-10H,5-6,8H2,1-2H3. The summed E-state index contributed by atoms with van der Waals surface area (Å²) in [6.07, 6.45) is 3.95. The minimum Gasteiger partial charge on any atom is -0.383 e. The molecule has 0 unspecified atom stereocenters. The largest absolute Gasteiger partial charge is 0.383 e. The maximum absolute atomic E-state index is 12.2. The van der Waals surface area contributed by atoms with Crippen molar-refractivity contribution in [3.05, 3.63) is 35.7 Å². The van der Waals surface area contributed by atoms with Gasteiger partial charge in [0, 0.05) is 19.9 Å². The number of carbonyl (C=O) groups is 1. The van der Waals surface area contributed by atoms with Crippen molar-refractivity contribution in [1.82, 2.24) is 19.3 Å². The predicted octanol–water partition coefficient (Wildman–Crippen LogP) is 0.472. The van der Waals surface area contributed by atoms with E-state index in [9.17, 15) is 13.2 Å². The molecule has 11 heteroatoms. The molecule has 0 aliphatic rings. The first kappa shape index (κ1) is 18.4. The van der Waals surface area contributed by atoms with Gasteiger partial charge in [0.25, 0.3) is 5.91 Å². The van der Waals surface area contributed by atoms with Crippen LogP contribution < -0.4 is 4.80 Å². The number of aromatic nitrogens is 4. The number of sulfone groups is 1. The normalized spacial score (nSPS) is 12.8. The van der Waals surface area contributed by atoms with E-state index in [1.54, 1.807) is 25.3 Å². The van der Waals surface area contributed by atoms with Gasteiger partial charge in [0.1, 0.15) is 19.2 Å². The number of carbonyl (C=O) groups excluding carboxylic acids is 1. The van der Waals surface area contributed by atoms with E-state index in [1.807, 2.05) is 4.57 Å². The summed E-state index contributed by atoms with van der Waals surface area (Å²) in [4.78, 5) is 20.9. The molecule has 3 rings (SSSR count). The third-order valence-corrected chi connectivity index (χ3v) is 5.74. The molecule has 0 fully saturated rings. The highest BCUT2D eigenvalue weighted by Gasteiger charge is 2.13. The highest BCUT2D eigenvalue weighted by atomic mass is 32.2. The molecule has 0 atom stereocenters. The maximum Gasteiger partial charge on any atom is 0.270 e. The molecule has 0 aliphatic carbocycles. The van der Waals surface area contributed by atoms with Gasteiger partial charge in [-0.1, -0.05) is 11.3 Å². The number of nitrogens with zero attached hydrogens (tertiary/aromatic N) is 5. The molecule has 0 N–H and O–H groups in total. The molecule has 2 heterocycles. The molecule has 2 aromatic heterocycles. The Morgan fingerprint density at radius 1 is 1.38 bits per heavy atom. The van der Waals surface area contributed by atoms with Crippen LogP contribution in [0, 0.1) is 0 Å². The summed E-state index contributed by atoms with van der Waals surface area (Å²) in [5.41, 5.74) is 0.798. The number of methoxy groups -OCH3 is 1. The van der Waals surface area contributed by atoms with Gasteiger partial charge in [0.05, 0.1) is 21.7 Å². The van der Waals surface area contributed by atoms with Gasteiger partial charge in [-0.3, -0.25) is 4.79 Å². The predicted molar refractivity (Wildman–Crippen MR) is 95.4 cm³/mol. The summed E-state index contributed by atoms with van der Waals surface area (Å²) in [6.45, 7) is 0.904. The van der Waals surface area contributed by atoms with Crippen LogP contribution in [-0.2, 0) is 32.5 Å². The average Bonchev–Trinajstić information content (AvgIpc) is 3.19. The molecule has 0 saturated heterocycles. The topological polar surface area (TPSA) is 108 Å². The minimum absolute atomic E-state index is 0.0207. The van der Waals surface area contributed by atoms with E-state index in [2.05, 4.69) is 15.1 Å². The van der Waals surface area contributed by atoms with Crippen LogP contribution in [0.15, 0.2) is 40.7 Å². The second-order valence-corrected chi connectivity index (χ2v) is 8.55. The van der Waals surface area contributed by atoms with E-state index >= 15 is 0 Å². The van der Waals surface area contributed by atoms with E-state index < -0.39 is 9.84 Å². The van der Waals surface area contributed by atoms with Gasteiger partial charge in [-0.05, 0) is 18.2 Å². The Balaban J connectivity index is 2.07. The molecular weight excluding hydrogens is 378 g/mol. The van der Waals surface area contributed by atoms with E-state index in [4.69, 9.17) is 4.74 Å². The second kappa shape index (κ2) is 7.48. The Labute approximate surface area is 153 Å². The Hall–Kier alpha value is -2.37. The van der Waals surface area contributed by atoms with Gasteiger partial charge in [0.2, 0.25) is 0 Å². The van der Waals surface area contributed by atoms with Crippen molar-refractivity contribution in [1.29, 1.82) is 0 Å². The van der Waals surface area contributed by atoms with Gasteiger partial charge in [0.15, 0.2) is 14.6 Å². The zero-order valence-corrected chi connectivity index (χ0v) is 15.8. The van der Waals surface area contributed by atoms with Gasteiger partial charge < -0.3 is 9.30 Å². The first-order valence-corrected chi connectivity index (χ1v) is 10.3. The molecule has 26 heavy (non-hydrogen) atoms. The van der Waals surface area contributed by atoms with Crippen LogP contribution in [0.3, 0.4) is 0 Å². The Bertz CT molecular complexity index is 1100. The van der Waals surface area contributed by atoms with Crippen molar-refractivity contribution in [3.63, 3.8) is 0 Å². The smallest absolute Gasteiger partial charge is 0.270 e. The maximum atomic E-state index is 12.2. The summed E-state index contributed by atoms with van der Waals surface area (Å²) in [5, 5.41) is 3.89. The fourth-order valence-electron chi connectivity index (χ4n) is 2.36. The molecule has 3 aromatic rings. The highest BCUT2D eigenvalue weighted by Crippen LogP contribution is 2.22. The summed E-state index contributed by atoms with van der Waals surface area (Å²) in [7, 11) is -1.73. The van der Waals surface area contributed by atoms with Crippen molar-refractivity contribution in [2.75, 3.05) is 20.0 Å². The van der Waals surface area contributed by atoms with E-state index in [-0.39, 0.29) is 17.3 Å². The molecular formula is C15H17N5O4S2. The van der Waals surface area contributed by atoms with Crippen molar-refractivity contribution < 1.29 is 17.9 Å². The summed E-state index contributed by atoms with van der Waals surface area (Å²) in [6, 6.07) is 4.87. The van der Waals surface area contributed by atoms with Crippen LogP contribution in [0.25, 0.3) is 10.2 Å². The quantitative estimate of drug-likeness (QED) is 0.600. The number of hydrogen-bond donors (Lipinski definition) is 0. The minimum atomic E-state index is -3.32. The van der Waals surface area contributed by atoms with Gasteiger partial charge in [-0.25, -0.2) is 18.1 Å². The van der Waals surface area contributed by atoms with Crippen molar-refractivity contribution >= 4 is 37.3 Å². The van der Waals surface area contributed by atoms with Crippen molar-refractivity contribution in [2.24, 2.45) is 4.99 Å². The summed E-state index contributed by atoms with van der Waals surface area (Å²) >= 11 is 1.26. The first-order valence-electron chi connectivity index (χ1n) is 7.61. The number of ether oxygens (including phenoxy) is 1. The third kappa shape index (κ3) is 4.06. The van der Waals surface area contributed by atoms with Crippen LogP contribution in [0.5, 0.6) is 0 Å². The van der Waals surface area contributed by atoms with Gasteiger partial charge in [-0.2, -0.15) is 10.1 Å². The number of benzene rings is 1. The molecule has 0 saturated carbocycles. The summed E-state index contributed by atoms with van der Waals surface area (Å²) in [5.74, 6) is -0.378. The fourth-order valence-corrected chi connectivity index (χ4v) is 4.20. The molecule has 1 amide bonds. The number of amides is 1. The van der Waals surface area contributed by atoms with E-state index in [1.165, 1.54) is 28.7 Å². The first-order chi connectivity index (χ1) is 12.4. The molecule has 0 aliphatic heterocycles. The Morgan fingerprint density at radius 3 is 2.85 bits per heavy atom. The average molecular weight is 395 g/mol. The lowest BCUT2D eigenvalue weighted by Crippen LogP contribution is -2.20. The molecule has 9 nitrogen and oxygen atoms in total. The third-order valence-electron chi connectivity index (χ3n) is 3.59. The van der Waals surface area contributed by atoms with Crippen molar-refractivity contribution in [2.45, 2.75) is 18.0 Å². The van der Waals surface area contributed by atoms with Crippen LogP contribution in [-0.4, -0.2) is 53.6 Å². The van der Waals surface area contributed by atoms with Crippen LogP contribution in [0.1, 0.15) is 0 Å². The zero-order chi connectivity index (χ0) is 18.7. The lowest BCUT2D eigenvalue weighted by Gasteiger charge is -2.05. The number of hydrogen-bond acceptors (Lipinski definition) is 7. The SMILES string of the molecule is COCCn1c(=NC(=O)Cn2cncn2)sc2cc(S(C)(=O)=O)ccc21. The molecule has 0 bridgehead atoms. The number of fused-ring (bicyclic) bond motifs is 1. The Morgan fingerprint density at radius 2 is 2.19 bits per heavy atom. The van der Waals surface area contributed by atoms with E-state index in [0.29, 0.717) is 18.0 Å². The molecule has 0 spiro atoms. The van der Waals surface area contributed by atoms with Crippen LogP contribution >= 0.6 is 11.3 Å². The molecule has 1 aromatic carbocycles.